The van der Waals surface area contributed by atoms with Gasteiger partial charge in [-0.1, -0.05) is 29.8 Å². The van der Waals surface area contributed by atoms with Gasteiger partial charge in [0, 0.05) is 12.6 Å². The van der Waals surface area contributed by atoms with Gasteiger partial charge in [0.2, 0.25) is 0 Å². The van der Waals surface area contributed by atoms with Gasteiger partial charge in [0.25, 0.3) is 0 Å². The molecule has 1 heterocycles. The summed E-state index contributed by atoms with van der Waals surface area (Å²) in [6.07, 6.45) is 2.87. The third-order valence-electron chi connectivity index (χ3n) is 3.34. The minimum atomic E-state index is 0.0322. The summed E-state index contributed by atoms with van der Waals surface area (Å²) in [5, 5.41) is 11.6. The van der Waals surface area contributed by atoms with Gasteiger partial charge >= 0.3 is 0 Å². The molecule has 1 atom stereocenters. The number of hydrogen-bond donors (Lipinski definition) is 1. The predicted octanol–water partition coefficient (Wildman–Crippen LogP) is 2.22. The van der Waals surface area contributed by atoms with Crippen molar-refractivity contribution < 1.29 is 4.74 Å². The van der Waals surface area contributed by atoms with Gasteiger partial charge in [-0.05, 0) is 26.0 Å². The molecule has 1 N–H and O–H groups in total. The number of nitrogens with one attached hydrogen (secondary N) is 1. The molecular formula is C15H22N4O. The SMILES string of the molecule is CCCNC(c1cc(C)ccc1OC)c1cnnn1C. The molecule has 0 aliphatic heterocycles. The van der Waals surface area contributed by atoms with Crippen molar-refractivity contribution in [3.8, 4) is 5.75 Å². The van der Waals surface area contributed by atoms with Crippen LogP contribution >= 0.6 is 0 Å². The summed E-state index contributed by atoms with van der Waals surface area (Å²) in [7, 11) is 3.61. The minimum absolute atomic E-state index is 0.0322. The highest BCUT2D eigenvalue weighted by molar-refractivity contribution is 5.42. The number of nitrogens with zero attached hydrogens (tertiary/aromatic N) is 3. The first-order valence-electron chi connectivity index (χ1n) is 6.89. The molecule has 0 radical (unpaired) electrons. The molecule has 5 nitrogen and oxygen atoms in total. The van der Waals surface area contributed by atoms with Crippen molar-refractivity contribution in [1.82, 2.24) is 20.3 Å². The van der Waals surface area contributed by atoms with E-state index in [9.17, 15) is 0 Å². The first-order valence-corrected chi connectivity index (χ1v) is 6.89. The largest absolute Gasteiger partial charge is 0.496 e. The first-order chi connectivity index (χ1) is 9.67. The van der Waals surface area contributed by atoms with E-state index in [0.29, 0.717) is 0 Å². The Labute approximate surface area is 120 Å². The lowest BCUT2D eigenvalue weighted by molar-refractivity contribution is 0.402. The van der Waals surface area contributed by atoms with E-state index >= 15 is 0 Å². The topological polar surface area (TPSA) is 52.0 Å². The number of rotatable bonds is 6. The molecule has 0 spiro atoms. The summed E-state index contributed by atoms with van der Waals surface area (Å²) in [5.41, 5.74) is 3.35. The van der Waals surface area contributed by atoms with E-state index in [1.807, 2.05) is 13.1 Å². The molecule has 20 heavy (non-hydrogen) atoms. The molecule has 1 aromatic heterocycles. The average molecular weight is 274 g/mol. The van der Waals surface area contributed by atoms with Gasteiger partial charge in [0.05, 0.1) is 25.0 Å². The van der Waals surface area contributed by atoms with Gasteiger partial charge in [-0.25, -0.2) is 0 Å². The van der Waals surface area contributed by atoms with E-state index < -0.39 is 0 Å². The van der Waals surface area contributed by atoms with Gasteiger partial charge in [-0.2, -0.15) is 0 Å². The zero-order valence-electron chi connectivity index (χ0n) is 12.6. The summed E-state index contributed by atoms with van der Waals surface area (Å²) < 4.78 is 7.31. The first kappa shape index (κ1) is 14.5. The summed E-state index contributed by atoms with van der Waals surface area (Å²) >= 11 is 0. The normalized spacial score (nSPS) is 12.4. The number of aryl methyl sites for hydroxylation is 2. The fourth-order valence-corrected chi connectivity index (χ4v) is 2.30. The van der Waals surface area contributed by atoms with Crippen molar-refractivity contribution in [1.29, 1.82) is 0 Å². The Morgan fingerprint density at radius 2 is 2.20 bits per heavy atom. The summed E-state index contributed by atoms with van der Waals surface area (Å²) in [5.74, 6) is 0.880. The zero-order chi connectivity index (χ0) is 14.5. The zero-order valence-corrected chi connectivity index (χ0v) is 12.6. The Kier molecular flexibility index (Phi) is 4.74. The molecule has 0 amide bonds. The van der Waals surface area contributed by atoms with Crippen LogP contribution in [0.15, 0.2) is 24.4 Å². The molecule has 2 rings (SSSR count). The van der Waals surface area contributed by atoms with Crippen molar-refractivity contribution >= 4 is 0 Å². The number of hydrogen-bond acceptors (Lipinski definition) is 4. The standard InChI is InChI=1S/C15H22N4O/c1-5-8-16-15(13-10-17-18-19(13)3)12-9-11(2)6-7-14(12)20-4/h6-7,9-10,15-16H,5,8H2,1-4H3. The van der Waals surface area contributed by atoms with Crippen LogP contribution in [0, 0.1) is 6.92 Å². The molecule has 1 aromatic carbocycles. The smallest absolute Gasteiger partial charge is 0.124 e. The Hall–Kier alpha value is -1.88. The molecular weight excluding hydrogens is 252 g/mol. The van der Waals surface area contributed by atoms with Crippen LogP contribution in [0.25, 0.3) is 0 Å². The summed E-state index contributed by atoms with van der Waals surface area (Å²) in [6, 6.07) is 6.25. The van der Waals surface area contributed by atoms with Crippen molar-refractivity contribution in [2.45, 2.75) is 26.3 Å². The number of ether oxygens (including phenoxy) is 1. The highest BCUT2D eigenvalue weighted by Crippen LogP contribution is 2.30. The molecule has 108 valence electrons. The third-order valence-corrected chi connectivity index (χ3v) is 3.34. The fourth-order valence-electron chi connectivity index (χ4n) is 2.30. The monoisotopic (exact) mass is 274 g/mol. The van der Waals surface area contributed by atoms with Crippen LogP contribution in [0.5, 0.6) is 5.75 Å². The molecule has 0 saturated heterocycles. The predicted molar refractivity (Wildman–Crippen MR) is 78.9 cm³/mol. The van der Waals surface area contributed by atoms with Gasteiger partial charge in [0.1, 0.15) is 5.75 Å². The maximum absolute atomic E-state index is 5.51. The van der Waals surface area contributed by atoms with Crippen LogP contribution in [-0.4, -0.2) is 28.6 Å². The third kappa shape index (κ3) is 2.99. The van der Waals surface area contributed by atoms with E-state index in [4.69, 9.17) is 4.74 Å². The van der Waals surface area contributed by atoms with Crippen LogP contribution in [0.3, 0.4) is 0 Å². The quantitative estimate of drug-likeness (QED) is 0.877. The lowest BCUT2D eigenvalue weighted by atomic mass is 10.0. The fraction of sp³-hybridized carbons (Fsp3) is 0.467. The van der Waals surface area contributed by atoms with Gasteiger partial charge < -0.3 is 10.1 Å². The second-order valence-corrected chi connectivity index (χ2v) is 4.92. The summed E-state index contributed by atoms with van der Waals surface area (Å²) in [4.78, 5) is 0. The van der Waals surface area contributed by atoms with Gasteiger partial charge in [0.15, 0.2) is 0 Å². The lowest BCUT2D eigenvalue weighted by Gasteiger charge is -2.21. The van der Waals surface area contributed by atoms with E-state index in [1.165, 1.54) is 5.56 Å². The Morgan fingerprint density at radius 3 is 2.80 bits per heavy atom. The molecule has 5 heteroatoms. The lowest BCUT2D eigenvalue weighted by Crippen LogP contribution is -2.25. The van der Waals surface area contributed by atoms with E-state index in [-0.39, 0.29) is 6.04 Å². The van der Waals surface area contributed by atoms with Crippen LogP contribution in [0.4, 0.5) is 0 Å². The number of methoxy groups -OCH3 is 1. The van der Waals surface area contributed by atoms with Crippen LogP contribution < -0.4 is 10.1 Å². The highest BCUT2D eigenvalue weighted by atomic mass is 16.5. The highest BCUT2D eigenvalue weighted by Gasteiger charge is 2.21. The number of aromatic nitrogens is 3. The minimum Gasteiger partial charge on any atom is -0.496 e. The molecule has 0 aliphatic rings. The van der Waals surface area contributed by atoms with E-state index in [0.717, 1.165) is 30.0 Å². The average Bonchev–Trinajstić information content (AvgIpc) is 2.86. The van der Waals surface area contributed by atoms with Crippen molar-refractivity contribution in [2.75, 3.05) is 13.7 Å². The maximum atomic E-state index is 5.51. The van der Waals surface area contributed by atoms with E-state index in [1.54, 1.807) is 18.0 Å². The van der Waals surface area contributed by atoms with Crippen LogP contribution in [-0.2, 0) is 7.05 Å². The molecule has 0 fully saturated rings. The van der Waals surface area contributed by atoms with E-state index in [2.05, 4.69) is 41.6 Å². The Balaban J connectivity index is 2.46. The second-order valence-electron chi connectivity index (χ2n) is 4.92. The molecule has 0 bridgehead atoms. The molecule has 1 unspecified atom stereocenters. The Bertz CT molecular complexity index is 565. The Morgan fingerprint density at radius 1 is 1.40 bits per heavy atom. The molecule has 0 saturated carbocycles. The van der Waals surface area contributed by atoms with Crippen molar-refractivity contribution in [2.24, 2.45) is 7.05 Å². The van der Waals surface area contributed by atoms with Crippen LogP contribution in [0.2, 0.25) is 0 Å². The maximum Gasteiger partial charge on any atom is 0.124 e. The van der Waals surface area contributed by atoms with Crippen molar-refractivity contribution in [3.63, 3.8) is 0 Å². The van der Waals surface area contributed by atoms with Crippen LogP contribution in [0.1, 0.15) is 36.2 Å². The van der Waals surface area contributed by atoms with Gasteiger partial charge in [-0.3, -0.25) is 4.68 Å². The van der Waals surface area contributed by atoms with Crippen molar-refractivity contribution in [3.05, 3.63) is 41.2 Å². The molecule has 0 aliphatic carbocycles. The summed E-state index contributed by atoms with van der Waals surface area (Å²) in [6.45, 7) is 5.16. The second kappa shape index (κ2) is 6.52. The molecule has 2 aromatic rings. The van der Waals surface area contributed by atoms with Gasteiger partial charge in [-0.15, -0.1) is 5.10 Å². The number of benzene rings is 1.